The summed E-state index contributed by atoms with van der Waals surface area (Å²) in [6.45, 7) is 1.40. The topological polar surface area (TPSA) is 76.7 Å². The molecule has 6 heteroatoms. The first-order chi connectivity index (χ1) is 15.1. The second kappa shape index (κ2) is 11.4. The first kappa shape index (κ1) is 22.7. The molecule has 0 heterocycles. The van der Waals surface area contributed by atoms with Gasteiger partial charge in [0.25, 0.3) is 11.8 Å². The molecule has 1 saturated carbocycles. The number of hydrogen-bond donors (Lipinski definition) is 2. The fraction of sp³-hybridized carbons (Fsp3) is 0.440. The fourth-order valence-electron chi connectivity index (χ4n) is 3.84. The van der Waals surface area contributed by atoms with Crippen molar-refractivity contribution in [3.63, 3.8) is 0 Å². The summed E-state index contributed by atoms with van der Waals surface area (Å²) in [4.78, 5) is 24.3. The van der Waals surface area contributed by atoms with Gasteiger partial charge in [-0.15, -0.1) is 0 Å². The van der Waals surface area contributed by atoms with Gasteiger partial charge in [0.1, 0.15) is 11.5 Å². The molecule has 166 valence electrons. The van der Waals surface area contributed by atoms with Gasteiger partial charge in [0, 0.05) is 24.2 Å². The summed E-state index contributed by atoms with van der Waals surface area (Å²) >= 11 is 0. The van der Waals surface area contributed by atoms with E-state index in [1.54, 1.807) is 62.8 Å². The van der Waals surface area contributed by atoms with E-state index in [9.17, 15) is 9.59 Å². The van der Waals surface area contributed by atoms with E-state index in [0.717, 1.165) is 49.0 Å². The molecule has 1 aliphatic rings. The number of ether oxygens (including phenoxy) is 2. The summed E-state index contributed by atoms with van der Waals surface area (Å²) in [5, 5.41) is 5.97. The molecule has 2 aromatic carbocycles. The molecular weight excluding hydrogens is 392 g/mol. The predicted octanol–water partition coefficient (Wildman–Crippen LogP) is 4.06. The van der Waals surface area contributed by atoms with E-state index in [-0.39, 0.29) is 11.8 Å². The summed E-state index contributed by atoms with van der Waals surface area (Å²) in [7, 11) is 3.22. The standard InChI is InChI=1S/C25H32N2O4/c1-30-22-11-7-18(8-12-22)24(28)26-15-3-5-20-17-21(20)6-4-16-27-25(29)19-9-13-23(31-2)14-10-19/h7-14,20-21H,3-6,15-17H2,1-2H3,(H,26,28)(H,27,29). The Balaban J connectivity index is 1.22. The second-order valence-electron chi connectivity index (χ2n) is 8.01. The maximum Gasteiger partial charge on any atom is 0.251 e. The maximum atomic E-state index is 12.1. The zero-order valence-corrected chi connectivity index (χ0v) is 18.4. The van der Waals surface area contributed by atoms with E-state index >= 15 is 0 Å². The second-order valence-corrected chi connectivity index (χ2v) is 8.01. The normalized spacial score (nSPS) is 17.0. The smallest absolute Gasteiger partial charge is 0.251 e. The number of amides is 2. The van der Waals surface area contributed by atoms with Crippen molar-refractivity contribution in [2.24, 2.45) is 11.8 Å². The number of methoxy groups -OCH3 is 2. The zero-order valence-electron chi connectivity index (χ0n) is 18.4. The molecule has 0 aromatic heterocycles. The van der Waals surface area contributed by atoms with Gasteiger partial charge in [-0.2, -0.15) is 0 Å². The Hall–Kier alpha value is -3.02. The lowest BCUT2D eigenvalue weighted by Crippen LogP contribution is -2.24. The molecule has 2 N–H and O–H groups in total. The van der Waals surface area contributed by atoms with Crippen LogP contribution in [0.2, 0.25) is 0 Å². The van der Waals surface area contributed by atoms with Crippen LogP contribution < -0.4 is 20.1 Å². The Morgan fingerprint density at radius 1 is 0.742 bits per heavy atom. The van der Waals surface area contributed by atoms with Crippen LogP contribution in [0.4, 0.5) is 0 Å². The van der Waals surface area contributed by atoms with Gasteiger partial charge in [-0.3, -0.25) is 9.59 Å². The average molecular weight is 425 g/mol. The highest BCUT2D eigenvalue weighted by molar-refractivity contribution is 5.94. The van der Waals surface area contributed by atoms with Crippen LogP contribution in [0, 0.1) is 11.8 Å². The van der Waals surface area contributed by atoms with Crippen molar-refractivity contribution in [2.45, 2.75) is 32.1 Å². The number of rotatable bonds is 12. The van der Waals surface area contributed by atoms with Crippen molar-refractivity contribution in [1.82, 2.24) is 10.6 Å². The maximum absolute atomic E-state index is 12.1. The van der Waals surface area contributed by atoms with Crippen LogP contribution in [-0.4, -0.2) is 39.1 Å². The van der Waals surface area contributed by atoms with E-state index in [1.807, 2.05) is 0 Å². The molecule has 2 atom stereocenters. The molecule has 2 amide bonds. The Bertz CT molecular complexity index is 777. The molecule has 3 rings (SSSR count). The average Bonchev–Trinajstić information content (AvgIpc) is 3.57. The summed E-state index contributed by atoms with van der Waals surface area (Å²) in [6, 6.07) is 14.3. The van der Waals surface area contributed by atoms with E-state index < -0.39 is 0 Å². The van der Waals surface area contributed by atoms with Crippen molar-refractivity contribution in [3.8, 4) is 11.5 Å². The molecule has 2 unspecified atom stereocenters. The predicted molar refractivity (Wildman–Crippen MR) is 121 cm³/mol. The van der Waals surface area contributed by atoms with Crippen molar-refractivity contribution < 1.29 is 19.1 Å². The SMILES string of the molecule is COc1ccc(C(=O)NCCCC2CC2CCCNC(=O)c2ccc(OC)cc2)cc1. The van der Waals surface area contributed by atoms with Gasteiger partial charge in [-0.05, 0) is 92.5 Å². The van der Waals surface area contributed by atoms with Crippen LogP contribution in [0.5, 0.6) is 11.5 Å². The Morgan fingerprint density at radius 3 is 1.48 bits per heavy atom. The summed E-state index contributed by atoms with van der Waals surface area (Å²) < 4.78 is 10.2. The van der Waals surface area contributed by atoms with E-state index in [0.29, 0.717) is 24.2 Å². The quantitative estimate of drug-likeness (QED) is 0.504. The van der Waals surface area contributed by atoms with E-state index in [4.69, 9.17) is 9.47 Å². The monoisotopic (exact) mass is 424 g/mol. The van der Waals surface area contributed by atoms with Crippen molar-refractivity contribution >= 4 is 11.8 Å². The van der Waals surface area contributed by atoms with Crippen molar-refractivity contribution in [2.75, 3.05) is 27.3 Å². The first-order valence-corrected chi connectivity index (χ1v) is 10.9. The highest BCUT2D eigenvalue weighted by Gasteiger charge is 2.35. The molecular formula is C25H32N2O4. The lowest BCUT2D eigenvalue weighted by Gasteiger charge is -2.07. The summed E-state index contributed by atoms with van der Waals surface area (Å²) in [5.41, 5.74) is 1.31. The Labute approximate surface area is 184 Å². The van der Waals surface area contributed by atoms with Gasteiger partial charge in [-0.1, -0.05) is 0 Å². The summed E-state index contributed by atoms with van der Waals surface area (Å²) in [5.74, 6) is 2.93. The highest BCUT2D eigenvalue weighted by atomic mass is 16.5. The van der Waals surface area contributed by atoms with Crippen molar-refractivity contribution in [1.29, 1.82) is 0 Å². The van der Waals surface area contributed by atoms with Crippen LogP contribution in [-0.2, 0) is 0 Å². The van der Waals surface area contributed by atoms with Crippen LogP contribution in [0.15, 0.2) is 48.5 Å². The molecule has 6 nitrogen and oxygen atoms in total. The Kier molecular flexibility index (Phi) is 8.33. The van der Waals surface area contributed by atoms with Gasteiger partial charge in [0.15, 0.2) is 0 Å². The molecule has 0 bridgehead atoms. The van der Waals surface area contributed by atoms with Crippen LogP contribution in [0.3, 0.4) is 0 Å². The molecule has 1 aliphatic carbocycles. The molecule has 2 aromatic rings. The number of hydrogen-bond acceptors (Lipinski definition) is 4. The molecule has 0 saturated heterocycles. The number of carbonyl (C=O) groups is 2. The third kappa shape index (κ3) is 7.02. The van der Waals surface area contributed by atoms with Crippen LogP contribution in [0.25, 0.3) is 0 Å². The molecule has 0 spiro atoms. The third-order valence-electron chi connectivity index (χ3n) is 5.85. The van der Waals surface area contributed by atoms with Gasteiger partial charge < -0.3 is 20.1 Å². The number of carbonyl (C=O) groups excluding carboxylic acids is 2. The van der Waals surface area contributed by atoms with Gasteiger partial charge in [-0.25, -0.2) is 0 Å². The van der Waals surface area contributed by atoms with Gasteiger partial charge >= 0.3 is 0 Å². The lowest BCUT2D eigenvalue weighted by atomic mass is 10.1. The minimum absolute atomic E-state index is 0.0393. The van der Waals surface area contributed by atoms with Crippen LogP contribution in [0.1, 0.15) is 52.8 Å². The zero-order chi connectivity index (χ0) is 22.1. The third-order valence-corrected chi connectivity index (χ3v) is 5.85. The van der Waals surface area contributed by atoms with E-state index in [2.05, 4.69) is 10.6 Å². The fourth-order valence-corrected chi connectivity index (χ4v) is 3.84. The summed E-state index contributed by atoms with van der Waals surface area (Å²) in [6.07, 6.45) is 5.55. The highest BCUT2D eigenvalue weighted by Crippen LogP contribution is 2.44. The Morgan fingerprint density at radius 2 is 1.13 bits per heavy atom. The number of nitrogens with one attached hydrogen (secondary N) is 2. The van der Waals surface area contributed by atoms with Gasteiger partial charge in [0.2, 0.25) is 0 Å². The van der Waals surface area contributed by atoms with Crippen LogP contribution >= 0.6 is 0 Å². The lowest BCUT2D eigenvalue weighted by molar-refractivity contribution is 0.0944. The largest absolute Gasteiger partial charge is 0.497 e. The molecule has 31 heavy (non-hydrogen) atoms. The minimum Gasteiger partial charge on any atom is -0.497 e. The van der Waals surface area contributed by atoms with E-state index in [1.165, 1.54) is 6.42 Å². The first-order valence-electron chi connectivity index (χ1n) is 10.9. The molecule has 0 radical (unpaired) electrons. The van der Waals surface area contributed by atoms with Crippen molar-refractivity contribution in [3.05, 3.63) is 59.7 Å². The van der Waals surface area contributed by atoms with Gasteiger partial charge in [0.05, 0.1) is 14.2 Å². The minimum atomic E-state index is -0.0393. The number of benzene rings is 2. The molecule has 1 fully saturated rings. The molecule has 0 aliphatic heterocycles.